The van der Waals surface area contributed by atoms with Crippen LogP contribution in [0.3, 0.4) is 0 Å². The van der Waals surface area contributed by atoms with Gasteiger partial charge in [0.2, 0.25) is 5.91 Å². The Morgan fingerprint density at radius 1 is 1.14 bits per heavy atom. The summed E-state index contributed by atoms with van der Waals surface area (Å²) < 4.78 is 0. The molecule has 29 heavy (non-hydrogen) atoms. The number of benzene rings is 2. The van der Waals surface area contributed by atoms with Crippen LogP contribution in [-0.4, -0.2) is 41.7 Å². The summed E-state index contributed by atoms with van der Waals surface area (Å²) in [6.45, 7) is 4.74. The maximum Gasteiger partial charge on any atom is 0.225 e. The quantitative estimate of drug-likeness (QED) is 0.556. The van der Waals surface area contributed by atoms with Gasteiger partial charge in [-0.15, -0.1) is 23.1 Å². The van der Waals surface area contributed by atoms with Crippen molar-refractivity contribution in [1.82, 2.24) is 15.2 Å². The van der Waals surface area contributed by atoms with Crippen molar-refractivity contribution in [2.75, 3.05) is 25.9 Å². The molecule has 1 amide bonds. The van der Waals surface area contributed by atoms with E-state index in [0.29, 0.717) is 0 Å². The molecule has 150 valence electrons. The standard InChI is InChI=1S/C23H25N3OS2/c1-3-28-20-10-8-17(9-11-20)21-12-25-23(29-21)18-6-4-16(5-7-18)13-26-14-19(15-26)22(27)24-2/h4-12,19H,3,13-15H2,1-2H3,(H,24,27). The fourth-order valence-corrected chi connectivity index (χ4v) is 5.09. The molecule has 3 aromatic rings. The highest BCUT2D eigenvalue weighted by Crippen LogP contribution is 2.33. The lowest BCUT2D eigenvalue weighted by Gasteiger charge is -2.38. The molecule has 4 nitrogen and oxygen atoms in total. The molecule has 0 aliphatic carbocycles. The van der Waals surface area contributed by atoms with Crippen molar-refractivity contribution in [2.45, 2.75) is 18.4 Å². The lowest BCUT2D eigenvalue weighted by Crippen LogP contribution is -2.52. The Bertz CT molecular complexity index is 961. The van der Waals surface area contributed by atoms with Crippen molar-refractivity contribution < 1.29 is 4.79 Å². The summed E-state index contributed by atoms with van der Waals surface area (Å²) in [6.07, 6.45) is 1.97. The summed E-state index contributed by atoms with van der Waals surface area (Å²) in [5.74, 6) is 1.38. The molecule has 1 saturated heterocycles. The van der Waals surface area contributed by atoms with Crippen LogP contribution in [0.25, 0.3) is 21.0 Å². The SMILES string of the molecule is CCSc1ccc(-c2cnc(-c3ccc(CN4CC(C(=O)NC)C4)cc3)s2)cc1. The predicted molar refractivity (Wildman–Crippen MR) is 122 cm³/mol. The second-order valence-corrected chi connectivity index (χ2v) is 9.56. The van der Waals surface area contributed by atoms with Gasteiger partial charge in [0, 0.05) is 43.3 Å². The molecule has 1 aromatic heterocycles. The zero-order chi connectivity index (χ0) is 20.2. The van der Waals surface area contributed by atoms with E-state index in [1.807, 2.05) is 18.0 Å². The molecule has 6 heteroatoms. The van der Waals surface area contributed by atoms with Gasteiger partial charge >= 0.3 is 0 Å². The second kappa shape index (κ2) is 9.11. The molecule has 4 rings (SSSR count). The number of amides is 1. The van der Waals surface area contributed by atoms with Gasteiger partial charge in [-0.3, -0.25) is 9.69 Å². The van der Waals surface area contributed by atoms with Crippen molar-refractivity contribution in [3.8, 4) is 21.0 Å². The number of thiazole rings is 1. The lowest BCUT2D eigenvalue weighted by atomic mass is 9.98. The van der Waals surface area contributed by atoms with Gasteiger partial charge in [0.05, 0.1) is 10.8 Å². The number of carbonyl (C=O) groups excluding carboxylic acids is 1. The van der Waals surface area contributed by atoms with Crippen molar-refractivity contribution in [1.29, 1.82) is 0 Å². The monoisotopic (exact) mass is 423 g/mol. The molecule has 1 aliphatic heterocycles. The third kappa shape index (κ3) is 4.71. The first-order valence-corrected chi connectivity index (χ1v) is 11.7. The third-order valence-corrected chi connectivity index (χ3v) is 7.13. The molecular formula is C23H25N3OS2. The summed E-state index contributed by atoms with van der Waals surface area (Å²) in [5, 5.41) is 3.77. The molecule has 0 radical (unpaired) electrons. The van der Waals surface area contributed by atoms with Crippen molar-refractivity contribution >= 4 is 29.0 Å². The van der Waals surface area contributed by atoms with Gasteiger partial charge in [-0.25, -0.2) is 4.98 Å². The van der Waals surface area contributed by atoms with E-state index in [2.05, 4.69) is 70.7 Å². The number of hydrogen-bond donors (Lipinski definition) is 1. The fraction of sp³-hybridized carbons (Fsp3) is 0.304. The van der Waals surface area contributed by atoms with E-state index in [-0.39, 0.29) is 11.8 Å². The first-order valence-electron chi connectivity index (χ1n) is 9.88. The van der Waals surface area contributed by atoms with E-state index in [1.165, 1.54) is 20.9 Å². The van der Waals surface area contributed by atoms with Gasteiger partial charge in [0.15, 0.2) is 0 Å². The van der Waals surface area contributed by atoms with Crippen LogP contribution < -0.4 is 5.32 Å². The number of rotatable bonds is 7. The highest BCUT2D eigenvalue weighted by atomic mass is 32.2. The average Bonchev–Trinajstić information content (AvgIpc) is 3.21. The third-order valence-electron chi connectivity index (χ3n) is 5.14. The van der Waals surface area contributed by atoms with Gasteiger partial charge in [-0.1, -0.05) is 43.3 Å². The number of nitrogens with zero attached hydrogens (tertiary/aromatic N) is 2. The van der Waals surface area contributed by atoms with Crippen LogP contribution in [0.15, 0.2) is 59.6 Å². The molecule has 0 unspecified atom stereocenters. The fourth-order valence-electron chi connectivity index (χ4n) is 3.50. The van der Waals surface area contributed by atoms with Gasteiger partial charge in [-0.05, 0) is 29.0 Å². The smallest absolute Gasteiger partial charge is 0.225 e. The van der Waals surface area contributed by atoms with Crippen molar-refractivity contribution in [3.05, 3.63) is 60.3 Å². The molecule has 1 fully saturated rings. The van der Waals surface area contributed by atoms with Gasteiger partial charge in [0.25, 0.3) is 0 Å². The van der Waals surface area contributed by atoms with Gasteiger partial charge < -0.3 is 5.32 Å². The first-order chi connectivity index (χ1) is 14.2. The number of hydrogen-bond acceptors (Lipinski definition) is 5. The van der Waals surface area contributed by atoms with Gasteiger partial charge in [0.1, 0.15) is 5.01 Å². The summed E-state index contributed by atoms with van der Waals surface area (Å²) in [4.78, 5) is 21.0. The topological polar surface area (TPSA) is 45.2 Å². The van der Waals surface area contributed by atoms with Crippen molar-refractivity contribution in [3.63, 3.8) is 0 Å². The van der Waals surface area contributed by atoms with E-state index in [9.17, 15) is 4.79 Å². The zero-order valence-electron chi connectivity index (χ0n) is 16.7. The predicted octanol–water partition coefficient (Wildman–Crippen LogP) is 4.77. The molecule has 0 saturated carbocycles. The minimum absolute atomic E-state index is 0.141. The van der Waals surface area contributed by atoms with Crippen LogP contribution in [0.4, 0.5) is 0 Å². The Labute approximate surface area is 180 Å². The average molecular weight is 424 g/mol. The largest absolute Gasteiger partial charge is 0.359 e. The molecule has 2 heterocycles. The molecule has 1 aliphatic rings. The number of nitrogens with one attached hydrogen (secondary N) is 1. The molecule has 0 spiro atoms. The lowest BCUT2D eigenvalue weighted by molar-refractivity contribution is -0.129. The van der Waals surface area contributed by atoms with E-state index in [0.717, 1.165) is 36.0 Å². The maximum absolute atomic E-state index is 11.6. The molecular weight excluding hydrogens is 398 g/mol. The van der Waals surface area contributed by atoms with Crippen molar-refractivity contribution in [2.24, 2.45) is 5.92 Å². The Hall–Kier alpha value is -2.15. The zero-order valence-corrected chi connectivity index (χ0v) is 18.4. The van der Waals surface area contributed by atoms with Crippen LogP contribution in [-0.2, 0) is 11.3 Å². The van der Waals surface area contributed by atoms with E-state index in [4.69, 9.17) is 0 Å². The molecule has 0 atom stereocenters. The van der Waals surface area contributed by atoms with Crippen LogP contribution in [0.2, 0.25) is 0 Å². The van der Waals surface area contributed by atoms with Crippen LogP contribution >= 0.6 is 23.1 Å². The maximum atomic E-state index is 11.6. The summed E-state index contributed by atoms with van der Waals surface area (Å²) in [6, 6.07) is 17.4. The minimum Gasteiger partial charge on any atom is -0.359 e. The summed E-state index contributed by atoms with van der Waals surface area (Å²) in [5.41, 5.74) is 3.63. The molecule has 2 aromatic carbocycles. The van der Waals surface area contributed by atoms with E-state index >= 15 is 0 Å². The van der Waals surface area contributed by atoms with Crippen LogP contribution in [0.1, 0.15) is 12.5 Å². The number of aromatic nitrogens is 1. The number of carbonyl (C=O) groups is 1. The Morgan fingerprint density at radius 2 is 1.83 bits per heavy atom. The van der Waals surface area contributed by atoms with E-state index in [1.54, 1.807) is 18.4 Å². The molecule has 0 bridgehead atoms. The number of likely N-dealkylation sites (tertiary alicyclic amines) is 1. The highest BCUT2D eigenvalue weighted by Gasteiger charge is 2.31. The molecule has 1 N–H and O–H groups in total. The summed E-state index contributed by atoms with van der Waals surface area (Å²) >= 11 is 3.59. The van der Waals surface area contributed by atoms with E-state index < -0.39 is 0 Å². The Morgan fingerprint density at radius 3 is 2.48 bits per heavy atom. The summed E-state index contributed by atoms with van der Waals surface area (Å²) in [7, 11) is 1.70. The Balaban J connectivity index is 1.38. The van der Waals surface area contributed by atoms with Crippen LogP contribution in [0.5, 0.6) is 0 Å². The second-order valence-electron chi connectivity index (χ2n) is 7.19. The normalized spacial score (nSPS) is 14.6. The minimum atomic E-state index is 0.141. The van der Waals surface area contributed by atoms with Crippen LogP contribution in [0, 0.1) is 5.92 Å². The Kier molecular flexibility index (Phi) is 6.33. The number of thioether (sulfide) groups is 1. The highest BCUT2D eigenvalue weighted by molar-refractivity contribution is 7.99. The van der Waals surface area contributed by atoms with Gasteiger partial charge in [-0.2, -0.15) is 0 Å². The first kappa shape index (κ1) is 20.1.